The maximum atomic E-state index is 10.5. The van der Waals surface area contributed by atoms with E-state index >= 15 is 0 Å². The lowest BCUT2D eigenvalue weighted by atomic mass is 9.79. The van der Waals surface area contributed by atoms with Crippen LogP contribution in [-0.2, 0) is 6.54 Å². The van der Waals surface area contributed by atoms with Crippen LogP contribution in [0.3, 0.4) is 0 Å². The van der Waals surface area contributed by atoms with E-state index < -0.39 is 5.60 Å². The highest BCUT2D eigenvalue weighted by Crippen LogP contribution is 2.31. The second-order valence-electron chi connectivity index (χ2n) is 6.31. The van der Waals surface area contributed by atoms with E-state index in [1.54, 1.807) is 7.11 Å². The van der Waals surface area contributed by atoms with Crippen LogP contribution in [0.15, 0.2) is 18.2 Å². The summed E-state index contributed by atoms with van der Waals surface area (Å²) in [7, 11) is 1.69. The van der Waals surface area contributed by atoms with E-state index in [2.05, 4.69) is 31.3 Å². The average Bonchev–Trinajstić information content (AvgIpc) is 2.43. The zero-order valence-corrected chi connectivity index (χ0v) is 12.9. The number of nitrogens with one attached hydrogen (secondary N) is 1. The SMILES string of the molecule is COc1ccc(CNCC2(O)CCC(C)CC2)cc1C. The minimum Gasteiger partial charge on any atom is -0.496 e. The number of aliphatic hydroxyl groups is 1. The number of hydrogen-bond donors (Lipinski definition) is 2. The molecule has 1 fully saturated rings. The van der Waals surface area contributed by atoms with Crippen LogP contribution in [0.4, 0.5) is 0 Å². The van der Waals surface area contributed by atoms with Gasteiger partial charge in [-0.3, -0.25) is 0 Å². The van der Waals surface area contributed by atoms with E-state index in [1.165, 1.54) is 5.56 Å². The van der Waals surface area contributed by atoms with Crippen LogP contribution in [-0.4, -0.2) is 24.4 Å². The zero-order chi connectivity index (χ0) is 14.6. The minimum absolute atomic E-state index is 0.506. The molecule has 1 saturated carbocycles. The third-order valence-electron chi connectivity index (χ3n) is 4.45. The van der Waals surface area contributed by atoms with Crippen molar-refractivity contribution in [2.75, 3.05) is 13.7 Å². The molecule has 2 N–H and O–H groups in total. The van der Waals surface area contributed by atoms with Crippen molar-refractivity contribution in [1.29, 1.82) is 0 Å². The summed E-state index contributed by atoms with van der Waals surface area (Å²) >= 11 is 0. The lowest BCUT2D eigenvalue weighted by molar-refractivity contribution is -0.00630. The number of rotatable bonds is 5. The topological polar surface area (TPSA) is 41.5 Å². The van der Waals surface area contributed by atoms with Gasteiger partial charge in [-0.1, -0.05) is 19.1 Å². The Morgan fingerprint density at radius 1 is 1.35 bits per heavy atom. The van der Waals surface area contributed by atoms with E-state index in [4.69, 9.17) is 4.74 Å². The summed E-state index contributed by atoms with van der Waals surface area (Å²) in [6, 6.07) is 6.22. The average molecular weight is 277 g/mol. The molecule has 2 rings (SSSR count). The lowest BCUT2D eigenvalue weighted by Gasteiger charge is -2.35. The summed E-state index contributed by atoms with van der Waals surface area (Å²) in [5, 5.41) is 13.9. The second kappa shape index (κ2) is 6.59. The molecule has 1 aliphatic rings. The highest BCUT2D eigenvalue weighted by Gasteiger charge is 2.31. The molecule has 0 spiro atoms. The first-order valence-electron chi connectivity index (χ1n) is 7.59. The molecule has 0 aromatic heterocycles. The van der Waals surface area contributed by atoms with Crippen molar-refractivity contribution in [3.8, 4) is 5.75 Å². The van der Waals surface area contributed by atoms with Gasteiger partial charge in [-0.2, -0.15) is 0 Å². The molecule has 20 heavy (non-hydrogen) atoms. The molecule has 0 aliphatic heterocycles. The van der Waals surface area contributed by atoms with Crippen LogP contribution in [0.1, 0.15) is 43.7 Å². The number of benzene rings is 1. The molecule has 0 unspecified atom stereocenters. The molecule has 1 aromatic carbocycles. The van der Waals surface area contributed by atoms with Gasteiger partial charge in [0.1, 0.15) is 5.75 Å². The summed E-state index contributed by atoms with van der Waals surface area (Å²) < 4.78 is 5.27. The molecule has 0 amide bonds. The predicted molar refractivity (Wildman–Crippen MR) is 82.0 cm³/mol. The van der Waals surface area contributed by atoms with Gasteiger partial charge in [0.2, 0.25) is 0 Å². The standard InChI is InChI=1S/C17H27NO2/c1-13-6-8-17(19,9-7-13)12-18-11-15-4-5-16(20-3)14(2)10-15/h4-5,10,13,18-19H,6-9,11-12H2,1-3H3. The molecule has 3 heteroatoms. The van der Waals surface area contributed by atoms with Gasteiger partial charge in [-0.15, -0.1) is 0 Å². The molecular weight excluding hydrogens is 250 g/mol. The summed E-state index contributed by atoms with van der Waals surface area (Å²) in [5.41, 5.74) is 1.88. The van der Waals surface area contributed by atoms with Crippen molar-refractivity contribution in [1.82, 2.24) is 5.32 Å². The summed E-state index contributed by atoms with van der Waals surface area (Å²) in [5.74, 6) is 1.69. The van der Waals surface area contributed by atoms with Crippen LogP contribution >= 0.6 is 0 Å². The van der Waals surface area contributed by atoms with Crippen LogP contribution in [0.5, 0.6) is 5.75 Å². The monoisotopic (exact) mass is 277 g/mol. The normalized spacial score (nSPS) is 26.5. The summed E-state index contributed by atoms with van der Waals surface area (Å²) in [4.78, 5) is 0. The van der Waals surface area contributed by atoms with Crippen molar-refractivity contribution < 1.29 is 9.84 Å². The third-order valence-corrected chi connectivity index (χ3v) is 4.45. The molecule has 0 atom stereocenters. The van der Waals surface area contributed by atoms with Gasteiger partial charge in [-0.25, -0.2) is 0 Å². The molecule has 0 radical (unpaired) electrons. The first-order valence-corrected chi connectivity index (χ1v) is 7.59. The van der Waals surface area contributed by atoms with Crippen molar-refractivity contribution in [3.63, 3.8) is 0 Å². The summed E-state index contributed by atoms with van der Waals surface area (Å²) in [6.45, 7) is 5.80. The van der Waals surface area contributed by atoms with E-state index in [1.807, 2.05) is 6.07 Å². The maximum Gasteiger partial charge on any atom is 0.121 e. The van der Waals surface area contributed by atoms with Gasteiger partial charge in [0.25, 0.3) is 0 Å². The molecule has 1 aliphatic carbocycles. The lowest BCUT2D eigenvalue weighted by Crippen LogP contribution is -2.43. The molecule has 0 bridgehead atoms. The van der Waals surface area contributed by atoms with E-state index in [9.17, 15) is 5.11 Å². The number of methoxy groups -OCH3 is 1. The van der Waals surface area contributed by atoms with Gasteiger partial charge >= 0.3 is 0 Å². The predicted octanol–water partition coefficient (Wildman–Crippen LogP) is 3.03. The van der Waals surface area contributed by atoms with Gasteiger partial charge in [0, 0.05) is 13.1 Å². The quantitative estimate of drug-likeness (QED) is 0.869. The third kappa shape index (κ3) is 3.97. The van der Waals surface area contributed by atoms with Crippen molar-refractivity contribution >= 4 is 0 Å². The molecule has 3 nitrogen and oxygen atoms in total. The molecule has 0 saturated heterocycles. The molecule has 112 valence electrons. The van der Waals surface area contributed by atoms with Gasteiger partial charge in [-0.05, 0) is 55.7 Å². The van der Waals surface area contributed by atoms with E-state index in [0.717, 1.165) is 49.5 Å². The van der Waals surface area contributed by atoms with E-state index in [-0.39, 0.29) is 0 Å². The highest BCUT2D eigenvalue weighted by molar-refractivity contribution is 5.36. The number of aryl methyl sites for hydroxylation is 1. The van der Waals surface area contributed by atoms with Crippen LogP contribution in [0, 0.1) is 12.8 Å². The Kier molecular flexibility index (Phi) is 5.06. The maximum absolute atomic E-state index is 10.5. The summed E-state index contributed by atoms with van der Waals surface area (Å²) in [6.07, 6.45) is 4.12. The Morgan fingerprint density at radius 2 is 2.05 bits per heavy atom. The first kappa shape index (κ1) is 15.3. The minimum atomic E-state index is -0.506. The Bertz CT molecular complexity index is 437. The fraction of sp³-hybridized carbons (Fsp3) is 0.647. The fourth-order valence-corrected chi connectivity index (χ4v) is 2.97. The van der Waals surface area contributed by atoms with Crippen molar-refractivity contribution in [2.45, 2.75) is 51.7 Å². The Morgan fingerprint density at radius 3 is 2.65 bits per heavy atom. The Hall–Kier alpha value is -1.06. The molecule has 1 aromatic rings. The zero-order valence-electron chi connectivity index (χ0n) is 12.9. The van der Waals surface area contributed by atoms with Gasteiger partial charge in [0.15, 0.2) is 0 Å². The Balaban J connectivity index is 1.82. The number of hydrogen-bond acceptors (Lipinski definition) is 3. The van der Waals surface area contributed by atoms with Crippen LogP contribution in [0.2, 0.25) is 0 Å². The first-order chi connectivity index (χ1) is 9.52. The van der Waals surface area contributed by atoms with Crippen molar-refractivity contribution in [3.05, 3.63) is 29.3 Å². The fourth-order valence-electron chi connectivity index (χ4n) is 2.97. The van der Waals surface area contributed by atoms with Crippen molar-refractivity contribution in [2.24, 2.45) is 5.92 Å². The largest absolute Gasteiger partial charge is 0.496 e. The smallest absolute Gasteiger partial charge is 0.121 e. The number of ether oxygens (including phenoxy) is 1. The highest BCUT2D eigenvalue weighted by atomic mass is 16.5. The van der Waals surface area contributed by atoms with Gasteiger partial charge in [0.05, 0.1) is 12.7 Å². The van der Waals surface area contributed by atoms with Crippen LogP contribution in [0.25, 0.3) is 0 Å². The van der Waals surface area contributed by atoms with Gasteiger partial charge < -0.3 is 15.2 Å². The Labute approximate surface area is 122 Å². The second-order valence-corrected chi connectivity index (χ2v) is 6.31. The van der Waals surface area contributed by atoms with E-state index in [0.29, 0.717) is 6.54 Å². The van der Waals surface area contributed by atoms with Crippen LogP contribution < -0.4 is 10.1 Å². The molecule has 0 heterocycles. The molecular formula is C17H27NO2.